The Balaban J connectivity index is 1.59. The maximum Gasteiger partial charge on any atom is 0.345 e. The quantitative estimate of drug-likeness (QED) is 0.759. The van der Waals surface area contributed by atoms with Crippen molar-refractivity contribution in [2.24, 2.45) is 5.92 Å². The molecule has 2 unspecified atom stereocenters. The summed E-state index contributed by atoms with van der Waals surface area (Å²) in [6.45, 7) is 9.17. The molecule has 1 aromatic carbocycles. The Hall–Kier alpha value is -3.02. The number of piperazine rings is 1. The van der Waals surface area contributed by atoms with E-state index in [9.17, 15) is 9.90 Å². The van der Waals surface area contributed by atoms with Crippen molar-refractivity contribution in [3.8, 4) is 5.75 Å². The lowest BCUT2D eigenvalue weighted by Crippen LogP contribution is -2.46. The number of benzene rings is 1. The third kappa shape index (κ3) is 4.58. The molecule has 0 bridgehead atoms. The number of nitrogens with zero attached hydrogens (tertiary/aromatic N) is 3. The first-order chi connectivity index (χ1) is 13.1. The van der Waals surface area contributed by atoms with Crippen LogP contribution in [0, 0.1) is 5.92 Å². The number of pyridine rings is 1. The van der Waals surface area contributed by atoms with Gasteiger partial charge >= 0.3 is 5.97 Å². The number of carboxylic acids is 1. The van der Waals surface area contributed by atoms with Gasteiger partial charge in [-0.25, -0.2) is 4.79 Å². The van der Waals surface area contributed by atoms with Crippen molar-refractivity contribution in [3.05, 3.63) is 61.4 Å². The average Bonchev–Trinajstić information content (AvgIpc) is 2.72. The van der Waals surface area contributed by atoms with Crippen molar-refractivity contribution in [2.45, 2.75) is 13.0 Å². The standard InChI is InChI=1S/C21H25N3O3/c1-3-16(2)20(21(25)26)27-19-6-4-17(5-7-19)23-12-14-24(15-13-23)18-8-10-22-11-9-18/h3-11,16,20H,1,12-15H2,2H3,(H,25,26). The van der Waals surface area contributed by atoms with Crippen molar-refractivity contribution < 1.29 is 14.6 Å². The molecule has 2 heterocycles. The van der Waals surface area contributed by atoms with E-state index in [1.54, 1.807) is 13.0 Å². The number of aliphatic carboxylic acids is 1. The van der Waals surface area contributed by atoms with Crippen molar-refractivity contribution in [1.29, 1.82) is 0 Å². The largest absolute Gasteiger partial charge is 0.478 e. The lowest BCUT2D eigenvalue weighted by Gasteiger charge is -2.37. The van der Waals surface area contributed by atoms with Gasteiger partial charge in [0.05, 0.1) is 0 Å². The van der Waals surface area contributed by atoms with Crippen LogP contribution in [0.4, 0.5) is 11.4 Å². The van der Waals surface area contributed by atoms with Crippen LogP contribution in [0.15, 0.2) is 61.4 Å². The number of hydrogen-bond acceptors (Lipinski definition) is 5. The minimum atomic E-state index is -0.987. The van der Waals surface area contributed by atoms with Gasteiger partial charge in [-0.15, -0.1) is 6.58 Å². The highest BCUT2D eigenvalue weighted by Gasteiger charge is 2.25. The molecule has 2 aromatic rings. The van der Waals surface area contributed by atoms with Crippen LogP contribution in [-0.2, 0) is 4.79 Å². The van der Waals surface area contributed by atoms with Crippen LogP contribution in [0.5, 0.6) is 5.75 Å². The molecule has 2 atom stereocenters. The topological polar surface area (TPSA) is 65.9 Å². The highest BCUT2D eigenvalue weighted by molar-refractivity contribution is 5.73. The third-order valence-electron chi connectivity index (χ3n) is 4.87. The monoisotopic (exact) mass is 367 g/mol. The van der Waals surface area contributed by atoms with Crippen LogP contribution in [0.1, 0.15) is 6.92 Å². The van der Waals surface area contributed by atoms with Gasteiger partial charge in [0, 0.05) is 55.9 Å². The van der Waals surface area contributed by atoms with Crippen LogP contribution in [0.3, 0.4) is 0 Å². The zero-order valence-electron chi connectivity index (χ0n) is 15.5. The molecule has 0 amide bonds. The molecule has 1 aromatic heterocycles. The molecule has 6 heteroatoms. The first-order valence-corrected chi connectivity index (χ1v) is 9.10. The smallest absolute Gasteiger partial charge is 0.345 e. The summed E-state index contributed by atoms with van der Waals surface area (Å²) >= 11 is 0. The van der Waals surface area contributed by atoms with Crippen LogP contribution in [0.25, 0.3) is 0 Å². The van der Waals surface area contributed by atoms with E-state index >= 15 is 0 Å². The van der Waals surface area contributed by atoms with Gasteiger partial charge in [0.2, 0.25) is 6.10 Å². The van der Waals surface area contributed by atoms with E-state index in [1.165, 1.54) is 5.69 Å². The fourth-order valence-corrected chi connectivity index (χ4v) is 3.17. The zero-order chi connectivity index (χ0) is 19.2. The van der Waals surface area contributed by atoms with Crippen LogP contribution >= 0.6 is 0 Å². The van der Waals surface area contributed by atoms with Gasteiger partial charge in [0.25, 0.3) is 0 Å². The van der Waals surface area contributed by atoms with Crippen molar-refractivity contribution >= 4 is 17.3 Å². The minimum Gasteiger partial charge on any atom is -0.478 e. The van der Waals surface area contributed by atoms with Crippen molar-refractivity contribution in [1.82, 2.24) is 4.98 Å². The molecule has 27 heavy (non-hydrogen) atoms. The number of carbonyl (C=O) groups is 1. The molecule has 1 aliphatic rings. The highest BCUT2D eigenvalue weighted by Crippen LogP contribution is 2.24. The Kier molecular flexibility index (Phi) is 5.96. The normalized spacial score (nSPS) is 16.5. The molecule has 6 nitrogen and oxygen atoms in total. The number of rotatable bonds is 7. The molecular weight excluding hydrogens is 342 g/mol. The van der Waals surface area contributed by atoms with E-state index in [1.807, 2.05) is 48.8 Å². The second-order valence-electron chi connectivity index (χ2n) is 6.64. The highest BCUT2D eigenvalue weighted by atomic mass is 16.5. The summed E-state index contributed by atoms with van der Waals surface area (Å²) < 4.78 is 5.64. The van der Waals surface area contributed by atoms with Crippen molar-refractivity contribution in [3.63, 3.8) is 0 Å². The van der Waals surface area contributed by atoms with Gasteiger partial charge < -0.3 is 19.6 Å². The summed E-state index contributed by atoms with van der Waals surface area (Å²) in [5.74, 6) is -0.711. The summed E-state index contributed by atoms with van der Waals surface area (Å²) in [4.78, 5) is 20.1. The van der Waals surface area contributed by atoms with Crippen molar-refractivity contribution in [2.75, 3.05) is 36.0 Å². The van der Waals surface area contributed by atoms with E-state index in [4.69, 9.17) is 4.74 Å². The predicted octanol–water partition coefficient (Wildman–Crippen LogP) is 3.06. The first-order valence-electron chi connectivity index (χ1n) is 9.10. The molecule has 1 saturated heterocycles. The Morgan fingerprint density at radius 2 is 1.59 bits per heavy atom. The van der Waals surface area contributed by atoms with Gasteiger partial charge in [-0.05, 0) is 36.4 Å². The lowest BCUT2D eigenvalue weighted by atomic mass is 10.1. The van der Waals surface area contributed by atoms with E-state index in [-0.39, 0.29) is 5.92 Å². The van der Waals surface area contributed by atoms with E-state index in [0.717, 1.165) is 31.9 Å². The number of ether oxygens (including phenoxy) is 1. The fraction of sp³-hybridized carbons (Fsp3) is 0.333. The van der Waals surface area contributed by atoms with Gasteiger partial charge in [-0.3, -0.25) is 4.98 Å². The molecule has 142 valence electrons. The SMILES string of the molecule is C=CC(C)C(Oc1ccc(N2CCN(c3ccncc3)CC2)cc1)C(=O)O. The number of hydrogen-bond donors (Lipinski definition) is 1. The fourth-order valence-electron chi connectivity index (χ4n) is 3.17. The van der Waals surface area contributed by atoms with Gasteiger partial charge in [0.1, 0.15) is 5.75 Å². The third-order valence-corrected chi connectivity index (χ3v) is 4.87. The van der Waals surface area contributed by atoms with Gasteiger partial charge in [0.15, 0.2) is 0 Å². The maximum absolute atomic E-state index is 11.4. The molecule has 1 fully saturated rings. The number of anilines is 2. The Labute approximate surface area is 159 Å². The Bertz CT molecular complexity index is 756. The second kappa shape index (κ2) is 8.58. The molecule has 0 radical (unpaired) electrons. The second-order valence-corrected chi connectivity index (χ2v) is 6.64. The first kappa shape index (κ1) is 18.8. The van der Waals surface area contributed by atoms with E-state index < -0.39 is 12.1 Å². The zero-order valence-corrected chi connectivity index (χ0v) is 15.5. The molecule has 1 aliphatic heterocycles. The molecular formula is C21H25N3O3. The average molecular weight is 367 g/mol. The summed E-state index contributed by atoms with van der Waals surface area (Å²) in [5.41, 5.74) is 2.31. The minimum absolute atomic E-state index is 0.275. The molecule has 1 N–H and O–H groups in total. The molecule has 0 saturated carbocycles. The summed E-state index contributed by atoms with van der Waals surface area (Å²) in [5, 5.41) is 9.32. The molecule has 0 aliphatic carbocycles. The van der Waals surface area contributed by atoms with E-state index in [2.05, 4.69) is 21.4 Å². The summed E-state index contributed by atoms with van der Waals surface area (Å²) in [6.07, 6.45) is 4.29. The maximum atomic E-state index is 11.4. The summed E-state index contributed by atoms with van der Waals surface area (Å²) in [6, 6.07) is 11.7. The molecule has 0 spiro atoms. The van der Waals surface area contributed by atoms with Gasteiger partial charge in [-0.1, -0.05) is 13.0 Å². The lowest BCUT2D eigenvalue weighted by molar-refractivity contribution is -0.146. The molecule has 3 rings (SSSR count). The van der Waals surface area contributed by atoms with Crippen LogP contribution in [-0.4, -0.2) is 48.3 Å². The predicted molar refractivity (Wildman–Crippen MR) is 107 cm³/mol. The van der Waals surface area contributed by atoms with Crippen LogP contribution < -0.4 is 14.5 Å². The summed E-state index contributed by atoms with van der Waals surface area (Å²) in [7, 11) is 0. The number of carboxylic acid groups (broad SMARTS) is 1. The van der Waals surface area contributed by atoms with Crippen LogP contribution in [0.2, 0.25) is 0 Å². The Morgan fingerprint density at radius 1 is 1.07 bits per heavy atom. The Morgan fingerprint density at radius 3 is 2.07 bits per heavy atom. The number of aromatic nitrogens is 1. The van der Waals surface area contributed by atoms with E-state index in [0.29, 0.717) is 5.75 Å². The van der Waals surface area contributed by atoms with Gasteiger partial charge in [-0.2, -0.15) is 0 Å².